The summed E-state index contributed by atoms with van der Waals surface area (Å²) in [7, 11) is 0. The molecule has 0 amide bonds. The molecule has 2 nitrogen and oxygen atoms in total. The summed E-state index contributed by atoms with van der Waals surface area (Å²) >= 11 is 0. The quantitative estimate of drug-likeness (QED) is 0.853. The van der Waals surface area contributed by atoms with Crippen LogP contribution in [0.2, 0.25) is 0 Å². The Labute approximate surface area is 109 Å². The van der Waals surface area contributed by atoms with E-state index in [1.165, 1.54) is 25.7 Å². The molecule has 0 radical (unpaired) electrons. The van der Waals surface area contributed by atoms with Gasteiger partial charge in [-0.25, -0.2) is 0 Å². The predicted molar refractivity (Wildman–Crippen MR) is 73.3 cm³/mol. The second-order valence-corrected chi connectivity index (χ2v) is 6.14. The van der Waals surface area contributed by atoms with Crippen LogP contribution in [-0.2, 0) is 6.54 Å². The second-order valence-electron chi connectivity index (χ2n) is 6.14. The minimum absolute atomic E-state index is 0.408. The molecule has 4 atom stereocenters. The molecule has 1 aromatic carbocycles. The van der Waals surface area contributed by atoms with E-state index >= 15 is 0 Å². The van der Waals surface area contributed by atoms with Crippen molar-refractivity contribution in [3.05, 3.63) is 29.8 Å². The summed E-state index contributed by atoms with van der Waals surface area (Å²) < 4.78 is 0. The maximum Gasteiger partial charge on any atom is 0.120 e. The highest BCUT2D eigenvalue weighted by atomic mass is 16.3. The smallest absolute Gasteiger partial charge is 0.120 e. The van der Waals surface area contributed by atoms with E-state index in [4.69, 9.17) is 0 Å². The normalized spacial score (nSPS) is 31.7. The molecule has 0 aromatic heterocycles. The molecule has 2 N–H and O–H groups in total. The molecule has 2 heteroatoms. The molecule has 2 saturated carbocycles. The van der Waals surface area contributed by atoms with Crippen LogP contribution in [0, 0.1) is 17.8 Å². The Morgan fingerprint density at radius 1 is 1.28 bits per heavy atom. The number of nitrogens with one attached hydrogen (secondary N) is 1. The molecule has 18 heavy (non-hydrogen) atoms. The highest BCUT2D eigenvalue weighted by Gasteiger charge is 2.41. The van der Waals surface area contributed by atoms with Crippen molar-refractivity contribution in [2.75, 3.05) is 0 Å². The first kappa shape index (κ1) is 12.0. The van der Waals surface area contributed by atoms with Gasteiger partial charge in [0.2, 0.25) is 0 Å². The van der Waals surface area contributed by atoms with Crippen LogP contribution in [0.15, 0.2) is 24.3 Å². The summed E-state index contributed by atoms with van der Waals surface area (Å²) in [5.41, 5.74) is 1.01. The number of para-hydroxylation sites is 1. The lowest BCUT2D eigenvalue weighted by Gasteiger charge is -2.28. The lowest BCUT2D eigenvalue weighted by Crippen LogP contribution is -2.35. The van der Waals surface area contributed by atoms with Crippen LogP contribution in [0.25, 0.3) is 0 Å². The first-order valence-corrected chi connectivity index (χ1v) is 7.24. The Morgan fingerprint density at radius 3 is 2.78 bits per heavy atom. The van der Waals surface area contributed by atoms with Gasteiger partial charge in [0.15, 0.2) is 0 Å². The average Bonchev–Trinajstić information content (AvgIpc) is 2.99. The molecule has 3 rings (SSSR count). The SMILES string of the molecule is C[C@@H](NCc1ccccc1O)[C@@H]1C[C@@H]2CC[C@@H]1C2. The third-order valence-electron chi connectivity index (χ3n) is 5.04. The van der Waals surface area contributed by atoms with E-state index in [2.05, 4.69) is 12.2 Å². The van der Waals surface area contributed by atoms with E-state index in [0.717, 1.165) is 29.9 Å². The Hall–Kier alpha value is -1.02. The maximum absolute atomic E-state index is 9.75. The number of aromatic hydroxyl groups is 1. The summed E-state index contributed by atoms with van der Waals surface area (Å²) in [5, 5.41) is 13.4. The van der Waals surface area contributed by atoms with Crippen LogP contribution in [0.4, 0.5) is 0 Å². The van der Waals surface area contributed by atoms with Crippen molar-refractivity contribution in [3.63, 3.8) is 0 Å². The van der Waals surface area contributed by atoms with Gasteiger partial charge in [-0.2, -0.15) is 0 Å². The molecule has 1 aromatic rings. The highest BCUT2D eigenvalue weighted by Crippen LogP contribution is 2.49. The number of fused-ring (bicyclic) bond motifs is 2. The topological polar surface area (TPSA) is 32.3 Å². The van der Waals surface area contributed by atoms with Gasteiger partial charge in [-0.05, 0) is 50.0 Å². The third kappa shape index (κ3) is 2.26. The van der Waals surface area contributed by atoms with E-state index in [1.54, 1.807) is 6.07 Å². The number of benzene rings is 1. The van der Waals surface area contributed by atoms with Crippen LogP contribution in [0.5, 0.6) is 5.75 Å². The molecule has 0 saturated heterocycles. The largest absolute Gasteiger partial charge is 0.508 e. The monoisotopic (exact) mass is 245 g/mol. The molecule has 0 unspecified atom stereocenters. The molecule has 0 heterocycles. The molecule has 0 aliphatic heterocycles. The summed E-state index contributed by atoms with van der Waals surface area (Å²) in [4.78, 5) is 0. The molecule has 2 fully saturated rings. The van der Waals surface area contributed by atoms with Gasteiger partial charge >= 0.3 is 0 Å². The number of phenols is 1. The Kier molecular flexibility index (Phi) is 3.29. The third-order valence-corrected chi connectivity index (χ3v) is 5.04. The lowest BCUT2D eigenvalue weighted by molar-refractivity contribution is 0.259. The van der Waals surface area contributed by atoms with Crippen molar-refractivity contribution in [2.24, 2.45) is 17.8 Å². The van der Waals surface area contributed by atoms with Crippen molar-refractivity contribution in [2.45, 2.75) is 45.2 Å². The highest BCUT2D eigenvalue weighted by molar-refractivity contribution is 5.31. The Morgan fingerprint density at radius 2 is 2.11 bits per heavy atom. The van der Waals surface area contributed by atoms with Crippen LogP contribution in [0.3, 0.4) is 0 Å². The average molecular weight is 245 g/mol. The first-order valence-electron chi connectivity index (χ1n) is 7.24. The molecule has 98 valence electrons. The van der Waals surface area contributed by atoms with Crippen molar-refractivity contribution >= 4 is 0 Å². The van der Waals surface area contributed by atoms with Gasteiger partial charge in [-0.3, -0.25) is 0 Å². The summed E-state index contributed by atoms with van der Waals surface area (Å²) in [6.45, 7) is 3.09. The number of hydrogen-bond acceptors (Lipinski definition) is 2. The minimum Gasteiger partial charge on any atom is -0.508 e. The molecule has 2 aliphatic carbocycles. The van der Waals surface area contributed by atoms with Gasteiger partial charge < -0.3 is 10.4 Å². The lowest BCUT2D eigenvalue weighted by atomic mass is 9.84. The van der Waals surface area contributed by atoms with Gasteiger partial charge in [-0.15, -0.1) is 0 Å². The Balaban J connectivity index is 1.56. The fraction of sp³-hybridized carbons (Fsp3) is 0.625. The van der Waals surface area contributed by atoms with E-state index in [9.17, 15) is 5.11 Å². The minimum atomic E-state index is 0.408. The van der Waals surface area contributed by atoms with Gasteiger partial charge in [0.25, 0.3) is 0 Å². The molecule has 2 bridgehead atoms. The van der Waals surface area contributed by atoms with Crippen molar-refractivity contribution in [3.8, 4) is 5.75 Å². The zero-order valence-electron chi connectivity index (χ0n) is 11.1. The zero-order valence-corrected chi connectivity index (χ0v) is 11.1. The van der Waals surface area contributed by atoms with Crippen molar-refractivity contribution in [1.82, 2.24) is 5.32 Å². The zero-order chi connectivity index (χ0) is 12.5. The summed E-state index contributed by atoms with van der Waals surface area (Å²) in [6, 6.07) is 8.19. The predicted octanol–water partition coefficient (Wildman–Crippen LogP) is 3.31. The number of rotatable bonds is 4. The van der Waals surface area contributed by atoms with Crippen molar-refractivity contribution < 1.29 is 5.11 Å². The fourth-order valence-corrected chi connectivity index (χ4v) is 3.99. The maximum atomic E-state index is 9.75. The first-order chi connectivity index (χ1) is 8.74. The van der Waals surface area contributed by atoms with Crippen LogP contribution in [0.1, 0.15) is 38.2 Å². The molecular formula is C16H23NO. The summed E-state index contributed by atoms with van der Waals surface area (Å²) in [5.74, 6) is 3.23. The second kappa shape index (κ2) is 4.93. The van der Waals surface area contributed by atoms with Gasteiger partial charge in [0.1, 0.15) is 5.75 Å². The van der Waals surface area contributed by atoms with Gasteiger partial charge in [0.05, 0.1) is 0 Å². The molecular weight excluding hydrogens is 222 g/mol. The fourth-order valence-electron chi connectivity index (χ4n) is 3.99. The number of phenolic OH excluding ortho intramolecular Hbond substituents is 1. The number of hydrogen-bond donors (Lipinski definition) is 2. The van der Waals surface area contributed by atoms with Crippen LogP contribution >= 0.6 is 0 Å². The van der Waals surface area contributed by atoms with E-state index in [0.29, 0.717) is 11.8 Å². The summed E-state index contributed by atoms with van der Waals surface area (Å²) in [6.07, 6.45) is 5.79. The molecule has 2 aliphatic rings. The van der Waals surface area contributed by atoms with Gasteiger partial charge in [-0.1, -0.05) is 24.6 Å². The van der Waals surface area contributed by atoms with E-state index in [1.807, 2.05) is 18.2 Å². The van der Waals surface area contributed by atoms with Crippen molar-refractivity contribution in [1.29, 1.82) is 0 Å². The van der Waals surface area contributed by atoms with Gasteiger partial charge in [0, 0.05) is 18.2 Å². The molecule has 0 spiro atoms. The van der Waals surface area contributed by atoms with Crippen LogP contribution in [-0.4, -0.2) is 11.1 Å². The standard InChI is InChI=1S/C16H23NO/c1-11(15-9-12-6-7-13(15)8-12)17-10-14-4-2-3-5-16(14)18/h2-5,11-13,15,17-18H,6-10H2,1H3/t11-,12-,13-,15+/m1/s1. The van der Waals surface area contributed by atoms with E-state index < -0.39 is 0 Å². The Bertz CT molecular complexity index is 417. The van der Waals surface area contributed by atoms with E-state index in [-0.39, 0.29) is 0 Å². The van der Waals surface area contributed by atoms with Crippen LogP contribution < -0.4 is 5.32 Å².